The monoisotopic (exact) mass is 415 g/mol. The average molecular weight is 416 g/mol. The van der Waals surface area contributed by atoms with Crippen molar-refractivity contribution in [2.24, 2.45) is 10.8 Å². The summed E-state index contributed by atoms with van der Waals surface area (Å²) in [7, 11) is 0. The normalized spacial score (nSPS) is 11.9. The van der Waals surface area contributed by atoms with Crippen LogP contribution < -0.4 is 11.2 Å². The number of benzene rings is 1. The minimum Gasteiger partial charge on any atom is -0.382 e. The summed E-state index contributed by atoms with van der Waals surface area (Å²) in [4.78, 5) is 0. The topological polar surface area (TPSA) is 98.0 Å². The molecule has 0 atom stereocenters. The van der Waals surface area contributed by atoms with Crippen LogP contribution in [-0.2, 0) is 6.18 Å². The van der Waals surface area contributed by atoms with Crippen LogP contribution in [0.1, 0.15) is 5.56 Å². The van der Waals surface area contributed by atoms with Gasteiger partial charge in [-0.05, 0) is 34.7 Å². The molecule has 0 aromatic heterocycles. The van der Waals surface area contributed by atoms with Gasteiger partial charge >= 0.3 is 6.18 Å². The number of hydrogen-bond acceptors (Lipinski definition) is 4. The molecule has 0 saturated carbocycles. The third-order valence-electron chi connectivity index (χ3n) is 2.01. The number of anilines is 1. The van der Waals surface area contributed by atoms with Gasteiger partial charge in [0, 0.05) is 3.57 Å². The van der Waals surface area contributed by atoms with Crippen molar-refractivity contribution >= 4 is 51.4 Å². The quantitative estimate of drug-likeness (QED) is 0.306. The van der Waals surface area contributed by atoms with E-state index in [4.69, 9.17) is 28.0 Å². The zero-order valence-corrected chi connectivity index (χ0v) is 12.4. The smallest absolute Gasteiger partial charge is 0.382 e. The Bertz CT molecular complexity index is 621. The standard InChI is InChI=1S/C10H6ClF3IN5/c11-5-2-6(15)7(1-4(5)10(12,13)14)19-20-8(3-16)9(17)18/h1-2,19H,(H3,17,18)/b20-8+. The van der Waals surface area contributed by atoms with Crippen LogP contribution in [-0.4, -0.2) is 11.5 Å². The number of nitrogens with two attached hydrogens (primary N) is 1. The van der Waals surface area contributed by atoms with Crippen LogP contribution in [0.5, 0.6) is 0 Å². The van der Waals surface area contributed by atoms with Crippen molar-refractivity contribution in [3.63, 3.8) is 0 Å². The third-order valence-corrected chi connectivity index (χ3v) is 3.22. The number of rotatable bonds is 3. The minimum absolute atomic E-state index is 0.00340. The van der Waals surface area contributed by atoms with Crippen LogP contribution in [0.4, 0.5) is 18.9 Å². The van der Waals surface area contributed by atoms with Crippen LogP contribution in [0, 0.1) is 20.3 Å². The zero-order chi connectivity index (χ0) is 15.5. The van der Waals surface area contributed by atoms with Crippen molar-refractivity contribution < 1.29 is 13.2 Å². The van der Waals surface area contributed by atoms with E-state index in [1.54, 1.807) is 22.6 Å². The summed E-state index contributed by atoms with van der Waals surface area (Å²) in [6.07, 6.45) is -4.61. The van der Waals surface area contributed by atoms with Gasteiger partial charge in [-0.25, -0.2) is 0 Å². The second-order valence-corrected chi connectivity index (χ2v) is 4.98. The average Bonchev–Trinajstić information content (AvgIpc) is 2.30. The second-order valence-electron chi connectivity index (χ2n) is 3.41. The van der Waals surface area contributed by atoms with Crippen molar-refractivity contribution in [2.75, 3.05) is 5.43 Å². The molecule has 5 nitrogen and oxygen atoms in total. The van der Waals surface area contributed by atoms with Crippen LogP contribution in [0.25, 0.3) is 0 Å². The Hall–Kier alpha value is -1.54. The molecule has 106 valence electrons. The summed E-state index contributed by atoms with van der Waals surface area (Å²) in [5, 5.41) is 18.7. The first-order valence-corrected chi connectivity index (χ1v) is 6.27. The number of hydrazone groups is 1. The fourth-order valence-corrected chi connectivity index (χ4v) is 2.16. The highest BCUT2D eigenvalue weighted by atomic mass is 127. The molecular weight excluding hydrogens is 409 g/mol. The van der Waals surface area contributed by atoms with Gasteiger partial charge in [0.15, 0.2) is 5.84 Å². The van der Waals surface area contributed by atoms with Crippen molar-refractivity contribution in [3.05, 3.63) is 26.3 Å². The third kappa shape index (κ3) is 3.97. The van der Waals surface area contributed by atoms with Gasteiger partial charge in [-0.2, -0.15) is 23.5 Å². The highest BCUT2D eigenvalue weighted by molar-refractivity contribution is 14.1. The molecule has 0 spiro atoms. The molecule has 0 bridgehead atoms. The molecule has 20 heavy (non-hydrogen) atoms. The molecule has 0 amide bonds. The summed E-state index contributed by atoms with van der Waals surface area (Å²) in [6.45, 7) is 0. The Kier molecular flexibility index (Phi) is 5.18. The highest BCUT2D eigenvalue weighted by Crippen LogP contribution is 2.38. The SMILES string of the molecule is N#C/C(=N\Nc1cc(C(F)(F)F)c(Cl)cc1I)C(=N)N. The fraction of sp³-hybridized carbons (Fsp3) is 0.100. The maximum atomic E-state index is 12.7. The number of nitrogens with one attached hydrogen (secondary N) is 2. The molecule has 1 rings (SSSR count). The molecule has 1 aromatic rings. The lowest BCUT2D eigenvalue weighted by atomic mass is 10.2. The van der Waals surface area contributed by atoms with E-state index >= 15 is 0 Å². The van der Waals surface area contributed by atoms with Crippen molar-refractivity contribution in [2.45, 2.75) is 6.18 Å². The van der Waals surface area contributed by atoms with Gasteiger partial charge in [-0.1, -0.05) is 11.6 Å². The van der Waals surface area contributed by atoms with Gasteiger partial charge in [0.25, 0.3) is 0 Å². The Morgan fingerprint density at radius 1 is 1.50 bits per heavy atom. The van der Waals surface area contributed by atoms with Crippen molar-refractivity contribution in [1.82, 2.24) is 0 Å². The van der Waals surface area contributed by atoms with Gasteiger partial charge in [-0.15, -0.1) is 0 Å². The van der Waals surface area contributed by atoms with E-state index in [1.165, 1.54) is 6.07 Å². The van der Waals surface area contributed by atoms with E-state index in [-0.39, 0.29) is 5.69 Å². The van der Waals surface area contributed by atoms with Crippen LogP contribution >= 0.6 is 34.2 Å². The maximum absolute atomic E-state index is 12.7. The molecule has 0 unspecified atom stereocenters. The summed E-state index contributed by atoms with van der Waals surface area (Å²) >= 11 is 7.29. The van der Waals surface area contributed by atoms with E-state index in [1.807, 2.05) is 0 Å². The van der Waals surface area contributed by atoms with Crippen LogP contribution in [0.2, 0.25) is 5.02 Å². The summed E-state index contributed by atoms with van der Waals surface area (Å²) in [5.74, 6) is -0.597. The second kappa shape index (κ2) is 6.27. The van der Waals surface area contributed by atoms with E-state index < -0.39 is 28.3 Å². The Morgan fingerprint density at radius 3 is 2.55 bits per heavy atom. The Balaban J connectivity index is 3.21. The fourth-order valence-electron chi connectivity index (χ4n) is 1.11. The molecule has 0 aliphatic heterocycles. The van der Waals surface area contributed by atoms with Crippen molar-refractivity contribution in [1.29, 1.82) is 10.7 Å². The van der Waals surface area contributed by atoms with E-state index in [2.05, 4.69) is 10.5 Å². The number of amidine groups is 1. The first-order valence-electron chi connectivity index (χ1n) is 4.81. The predicted molar refractivity (Wildman–Crippen MR) is 77.8 cm³/mol. The van der Waals surface area contributed by atoms with E-state index in [0.717, 1.165) is 12.1 Å². The molecule has 0 aliphatic carbocycles. The molecule has 0 fully saturated rings. The van der Waals surface area contributed by atoms with Gasteiger partial charge in [0.2, 0.25) is 5.71 Å². The molecule has 0 saturated heterocycles. The predicted octanol–water partition coefficient (Wildman–Crippen LogP) is 3.19. The highest BCUT2D eigenvalue weighted by Gasteiger charge is 2.34. The van der Waals surface area contributed by atoms with E-state index in [9.17, 15) is 13.2 Å². The molecule has 10 heteroatoms. The Labute approximate surface area is 130 Å². The number of nitrogens with zero attached hydrogens (tertiary/aromatic N) is 2. The summed E-state index contributed by atoms with van der Waals surface area (Å²) in [6, 6.07) is 3.41. The van der Waals surface area contributed by atoms with Gasteiger partial charge in [0.1, 0.15) is 6.07 Å². The number of nitriles is 1. The van der Waals surface area contributed by atoms with Crippen LogP contribution in [0.15, 0.2) is 17.2 Å². The zero-order valence-electron chi connectivity index (χ0n) is 9.52. The van der Waals surface area contributed by atoms with E-state index in [0.29, 0.717) is 3.57 Å². The number of halogens is 5. The summed E-state index contributed by atoms with van der Waals surface area (Å²) < 4.78 is 38.5. The lowest BCUT2D eigenvalue weighted by Gasteiger charge is -2.12. The molecule has 0 aliphatic rings. The first kappa shape index (κ1) is 16.5. The first-order chi connectivity index (χ1) is 9.16. The molecular formula is C10H6ClF3IN5. The van der Waals surface area contributed by atoms with Gasteiger partial charge in [0.05, 0.1) is 16.3 Å². The Morgan fingerprint density at radius 2 is 2.10 bits per heavy atom. The lowest BCUT2D eigenvalue weighted by Crippen LogP contribution is -2.22. The maximum Gasteiger partial charge on any atom is 0.417 e. The summed E-state index contributed by atoms with van der Waals surface area (Å²) in [5.41, 5.74) is 5.85. The molecule has 0 radical (unpaired) electrons. The van der Waals surface area contributed by atoms with Gasteiger partial charge in [-0.3, -0.25) is 10.8 Å². The number of hydrogen-bond donors (Lipinski definition) is 3. The van der Waals surface area contributed by atoms with Gasteiger partial charge < -0.3 is 5.73 Å². The minimum atomic E-state index is -4.61. The number of alkyl halides is 3. The van der Waals surface area contributed by atoms with Crippen molar-refractivity contribution in [3.8, 4) is 6.07 Å². The lowest BCUT2D eigenvalue weighted by molar-refractivity contribution is -0.137. The largest absolute Gasteiger partial charge is 0.417 e. The molecule has 4 N–H and O–H groups in total. The molecule has 1 aromatic carbocycles. The molecule has 0 heterocycles. The van der Waals surface area contributed by atoms with Crippen LogP contribution in [0.3, 0.4) is 0 Å².